The van der Waals surface area contributed by atoms with E-state index in [2.05, 4.69) is 5.32 Å². The first-order valence-corrected chi connectivity index (χ1v) is 7.81. The summed E-state index contributed by atoms with van der Waals surface area (Å²) < 4.78 is 5.74. The molecular weight excluding hydrogens is 280 g/mol. The second-order valence-corrected chi connectivity index (χ2v) is 6.27. The summed E-state index contributed by atoms with van der Waals surface area (Å²) >= 11 is 0. The van der Waals surface area contributed by atoms with Crippen molar-refractivity contribution in [3.05, 3.63) is 29.8 Å². The van der Waals surface area contributed by atoms with Crippen LogP contribution in [0.15, 0.2) is 24.3 Å². The van der Waals surface area contributed by atoms with E-state index in [1.165, 1.54) is 6.92 Å². The number of hydrogen-bond donors (Lipinski definition) is 1. The third kappa shape index (κ3) is 2.99. The number of fused-ring (bicyclic) bond motifs is 1. The summed E-state index contributed by atoms with van der Waals surface area (Å²) in [7, 11) is 0. The van der Waals surface area contributed by atoms with Gasteiger partial charge >= 0.3 is 0 Å². The van der Waals surface area contributed by atoms with Crippen molar-refractivity contribution in [2.24, 2.45) is 11.8 Å². The zero-order valence-corrected chi connectivity index (χ0v) is 13.0. The Morgan fingerprint density at radius 2 is 1.95 bits per heavy atom. The molecule has 0 saturated carbocycles. The summed E-state index contributed by atoms with van der Waals surface area (Å²) in [6, 6.07) is 6.99. The van der Waals surface area contributed by atoms with Crippen LogP contribution in [-0.2, 0) is 4.79 Å². The van der Waals surface area contributed by atoms with Gasteiger partial charge in [0.15, 0.2) is 11.9 Å². The molecule has 2 saturated heterocycles. The lowest BCUT2D eigenvalue weighted by Gasteiger charge is -2.22. The molecule has 22 heavy (non-hydrogen) atoms. The highest BCUT2D eigenvalue weighted by molar-refractivity contribution is 5.94. The fourth-order valence-corrected chi connectivity index (χ4v) is 3.34. The summed E-state index contributed by atoms with van der Waals surface area (Å²) in [6.45, 7) is 6.93. The monoisotopic (exact) mass is 302 g/mol. The molecule has 2 heterocycles. The third-order valence-electron chi connectivity index (χ3n) is 4.60. The first-order chi connectivity index (χ1) is 10.5. The zero-order valence-electron chi connectivity index (χ0n) is 13.0. The minimum absolute atomic E-state index is 0.00991. The van der Waals surface area contributed by atoms with Gasteiger partial charge < -0.3 is 15.0 Å². The average molecular weight is 302 g/mol. The van der Waals surface area contributed by atoms with Crippen LogP contribution in [0.2, 0.25) is 0 Å². The van der Waals surface area contributed by atoms with Gasteiger partial charge in [0.05, 0.1) is 0 Å². The molecule has 1 N–H and O–H groups in total. The van der Waals surface area contributed by atoms with Crippen LogP contribution in [0.1, 0.15) is 24.2 Å². The summed E-state index contributed by atoms with van der Waals surface area (Å²) in [4.78, 5) is 25.8. The smallest absolute Gasteiger partial charge is 0.263 e. The number of benzene rings is 1. The fraction of sp³-hybridized carbons (Fsp3) is 0.529. The van der Waals surface area contributed by atoms with Gasteiger partial charge in [-0.1, -0.05) is 12.1 Å². The minimum Gasteiger partial charge on any atom is -0.481 e. The largest absolute Gasteiger partial charge is 0.481 e. The van der Waals surface area contributed by atoms with E-state index in [-0.39, 0.29) is 11.7 Å². The van der Waals surface area contributed by atoms with E-state index < -0.39 is 6.10 Å². The average Bonchev–Trinajstić information content (AvgIpc) is 3.07. The summed E-state index contributed by atoms with van der Waals surface area (Å²) in [5, 5.41) is 3.37. The SMILES string of the molecule is CC(=O)c1cccc(OC(C)C(=O)N2C[C@H]3CNC[C@H]3C2)c1. The molecule has 3 atom stereocenters. The first kappa shape index (κ1) is 15.0. The predicted octanol–water partition coefficient (Wildman–Crippen LogP) is 1.33. The maximum Gasteiger partial charge on any atom is 0.263 e. The zero-order chi connectivity index (χ0) is 15.7. The molecular formula is C17H22N2O3. The number of ether oxygens (including phenoxy) is 1. The van der Waals surface area contributed by atoms with Gasteiger partial charge in [-0.3, -0.25) is 9.59 Å². The van der Waals surface area contributed by atoms with Crippen LogP contribution < -0.4 is 10.1 Å². The van der Waals surface area contributed by atoms with Crippen LogP contribution in [-0.4, -0.2) is 48.9 Å². The molecule has 5 nitrogen and oxygen atoms in total. The van der Waals surface area contributed by atoms with Gasteiger partial charge in [0.25, 0.3) is 5.91 Å². The highest BCUT2D eigenvalue weighted by Crippen LogP contribution is 2.27. The molecule has 1 aromatic rings. The molecule has 0 bridgehead atoms. The van der Waals surface area contributed by atoms with Gasteiger partial charge in [-0.15, -0.1) is 0 Å². The number of rotatable bonds is 4. The Hall–Kier alpha value is -1.88. The number of amides is 1. The van der Waals surface area contributed by atoms with Crippen molar-refractivity contribution in [2.75, 3.05) is 26.2 Å². The molecule has 1 unspecified atom stereocenters. The Morgan fingerprint density at radius 3 is 2.59 bits per heavy atom. The Bertz CT molecular complexity index is 575. The minimum atomic E-state index is -0.533. The molecule has 0 aliphatic carbocycles. The van der Waals surface area contributed by atoms with E-state index in [1.54, 1.807) is 31.2 Å². The van der Waals surface area contributed by atoms with Crippen molar-refractivity contribution in [2.45, 2.75) is 20.0 Å². The maximum atomic E-state index is 12.5. The van der Waals surface area contributed by atoms with Gasteiger partial charge in [-0.05, 0) is 37.8 Å². The molecule has 0 aromatic heterocycles. The lowest BCUT2D eigenvalue weighted by molar-refractivity contribution is -0.137. The predicted molar refractivity (Wildman–Crippen MR) is 83.0 cm³/mol. The molecule has 2 aliphatic heterocycles. The van der Waals surface area contributed by atoms with E-state index in [0.29, 0.717) is 23.1 Å². The number of hydrogen-bond acceptors (Lipinski definition) is 4. The molecule has 1 aromatic carbocycles. The van der Waals surface area contributed by atoms with Crippen LogP contribution in [0.4, 0.5) is 0 Å². The van der Waals surface area contributed by atoms with E-state index in [0.717, 1.165) is 26.2 Å². The third-order valence-corrected chi connectivity index (χ3v) is 4.60. The normalized spacial score (nSPS) is 24.9. The van der Waals surface area contributed by atoms with Gasteiger partial charge in [-0.25, -0.2) is 0 Å². The van der Waals surface area contributed by atoms with E-state index in [9.17, 15) is 9.59 Å². The van der Waals surface area contributed by atoms with Crippen molar-refractivity contribution in [1.29, 1.82) is 0 Å². The molecule has 0 spiro atoms. The molecule has 3 rings (SSSR count). The van der Waals surface area contributed by atoms with Crippen LogP contribution in [0.5, 0.6) is 5.75 Å². The molecule has 118 valence electrons. The quantitative estimate of drug-likeness (QED) is 0.853. The molecule has 5 heteroatoms. The second kappa shape index (κ2) is 6.08. The number of likely N-dealkylation sites (tertiary alicyclic amines) is 1. The van der Waals surface area contributed by atoms with Crippen molar-refractivity contribution < 1.29 is 14.3 Å². The van der Waals surface area contributed by atoms with Crippen LogP contribution in [0.3, 0.4) is 0 Å². The Morgan fingerprint density at radius 1 is 1.27 bits per heavy atom. The number of carbonyl (C=O) groups is 2. The number of nitrogens with one attached hydrogen (secondary N) is 1. The maximum absolute atomic E-state index is 12.5. The van der Waals surface area contributed by atoms with Crippen molar-refractivity contribution in [1.82, 2.24) is 10.2 Å². The van der Waals surface area contributed by atoms with Crippen LogP contribution in [0.25, 0.3) is 0 Å². The lowest BCUT2D eigenvalue weighted by Crippen LogP contribution is -2.40. The molecule has 0 radical (unpaired) electrons. The summed E-state index contributed by atoms with van der Waals surface area (Å²) in [6.07, 6.45) is -0.533. The number of Topliss-reactive ketones (excluding diaryl/α,β-unsaturated/α-hetero) is 1. The lowest BCUT2D eigenvalue weighted by atomic mass is 10.0. The summed E-state index contributed by atoms with van der Waals surface area (Å²) in [5.74, 6) is 1.75. The summed E-state index contributed by atoms with van der Waals surface area (Å²) in [5.41, 5.74) is 0.596. The molecule has 2 aliphatic rings. The number of ketones is 1. The Balaban J connectivity index is 1.62. The number of nitrogens with zero attached hydrogens (tertiary/aromatic N) is 1. The highest BCUT2D eigenvalue weighted by Gasteiger charge is 2.39. The van der Waals surface area contributed by atoms with E-state index in [4.69, 9.17) is 4.74 Å². The van der Waals surface area contributed by atoms with Crippen molar-refractivity contribution in [3.63, 3.8) is 0 Å². The first-order valence-electron chi connectivity index (χ1n) is 7.81. The van der Waals surface area contributed by atoms with Crippen LogP contribution in [0, 0.1) is 11.8 Å². The Labute approximate surface area is 130 Å². The van der Waals surface area contributed by atoms with Gasteiger partial charge in [0, 0.05) is 31.7 Å². The van der Waals surface area contributed by atoms with Gasteiger partial charge in [0.1, 0.15) is 5.75 Å². The standard InChI is InChI=1S/C17H22N2O3/c1-11(20)13-4-3-5-16(6-13)22-12(2)17(21)19-9-14-7-18-8-15(14)10-19/h3-6,12,14-15,18H,7-10H2,1-2H3/t12?,14-,15+. The Kier molecular flexibility index (Phi) is 4.16. The van der Waals surface area contributed by atoms with Crippen molar-refractivity contribution >= 4 is 11.7 Å². The van der Waals surface area contributed by atoms with Crippen LogP contribution >= 0.6 is 0 Å². The van der Waals surface area contributed by atoms with E-state index >= 15 is 0 Å². The second-order valence-electron chi connectivity index (χ2n) is 6.27. The van der Waals surface area contributed by atoms with Gasteiger partial charge in [0.2, 0.25) is 0 Å². The number of carbonyl (C=O) groups excluding carboxylic acids is 2. The fourth-order valence-electron chi connectivity index (χ4n) is 3.34. The molecule has 2 fully saturated rings. The van der Waals surface area contributed by atoms with Gasteiger partial charge in [-0.2, -0.15) is 0 Å². The van der Waals surface area contributed by atoms with E-state index in [1.807, 2.05) is 4.90 Å². The van der Waals surface area contributed by atoms with Crippen molar-refractivity contribution in [3.8, 4) is 5.75 Å². The molecule has 1 amide bonds. The topological polar surface area (TPSA) is 58.6 Å². The highest BCUT2D eigenvalue weighted by atomic mass is 16.5.